The minimum Gasteiger partial charge on any atom is -0.489 e. The summed E-state index contributed by atoms with van der Waals surface area (Å²) in [5, 5.41) is 6.63. The fourth-order valence-corrected chi connectivity index (χ4v) is 2.24. The summed E-state index contributed by atoms with van der Waals surface area (Å²) in [5.41, 5.74) is 1.20. The molecule has 0 aliphatic heterocycles. The number of hydrogen-bond acceptors (Lipinski definition) is 4. The van der Waals surface area contributed by atoms with Crippen LogP contribution in [0.25, 0.3) is 0 Å². The van der Waals surface area contributed by atoms with Gasteiger partial charge in [0.05, 0.1) is 13.2 Å². The van der Waals surface area contributed by atoms with Crippen molar-refractivity contribution in [2.45, 2.75) is 26.9 Å². The van der Waals surface area contributed by atoms with Crippen LogP contribution < -0.4 is 15.4 Å². The Bertz CT molecular complexity index is 514. The number of methoxy groups -OCH3 is 1. The standard InChI is InChI=1S/C19H34N4O2.HI/c1-6-20-19(21-10-11-23(4)12-13-24-5)22-15-17(3)25-18-9-7-8-16(2)14-18;/h7-9,14,17H,6,10-13,15H2,1-5H3,(H2,20,21,22);1H. The third-order valence-electron chi connectivity index (χ3n) is 3.64. The van der Waals surface area contributed by atoms with Crippen molar-refractivity contribution in [1.29, 1.82) is 0 Å². The van der Waals surface area contributed by atoms with E-state index in [1.165, 1.54) is 5.56 Å². The van der Waals surface area contributed by atoms with E-state index in [-0.39, 0.29) is 30.1 Å². The number of benzene rings is 1. The minimum atomic E-state index is 0. The molecule has 0 heterocycles. The molecule has 1 aromatic rings. The van der Waals surface area contributed by atoms with Crippen LogP contribution >= 0.6 is 24.0 Å². The Kier molecular flexibility index (Phi) is 14.4. The molecular weight excluding hydrogens is 443 g/mol. The zero-order valence-electron chi connectivity index (χ0n) is 16.7. The van der Waals surface area contributed by atoms with Gasteiger partial charge in [-0.2, -0.15) is 0 Å². The fourth-order valence-electron chi connectivity index (χ4n) is 2.24. The molecule has 6 nitrogen and oxygen atoms in total. The first kappa shape index (κ1) is 24.9. The Hall–Kier alpha value is -1.06. The van der Waals surface area contributed by atoms with Crippen molar-refractivity contribution in [2.75, 3.05) is 53.5 Å². The Balaban J connectivity index is 0.00000625. The Morgan fingerprint density at radius 2 is 2.04 bits per heavy atom. The van der Waals surface area contributed by atoms with Gasteiger partial charge < -0.3 is 25.0 Å². The summed E-state index contributed by atoms with van der Waals surface area (Å²) in [6.07, 6.45) is 0.0154. The van der Waals surface area contributed by atoms with Gasteiger partial charge in [-0.25, -0.2) is 4.99 Å². The number of guanidine groups is 1. The van der Waals surface area contributed by atoms with Crippen LogP contribution in [0.4, 0.5) is 0 Å². The summed E-state index contributed by atoms with van der Waals surface area (Å²) >= 11 is 0. The van der Waals surface area contributed by atoms with Crippen LogP contribution in [0.2, 0.25) is 0 Å². The van der Waals surface area contributed by atoms with Gasteiger partial charge in [-0.15, -0.1) is 24.0 Å². The van der Waals surface area contributed by atoms with E-state index in [9.17, 15) is 0 Å². The molecule has 1 rings (SSSR count). The lowest BCUT2D eigenvalue weighted by atomic mass is 10.2. The molecule has 0 fully saturated rings. The number of hydrogen-bond donors (Lipinski definition) is 2. The van der Waals surface area contributed by atoms with Gasteiger partial charge in [0, 0.05) is 33.3 Å². The Labute approximate surface area is 175 Å². The van der Waals surface area contributed by atoms with Crippen molar-refractivity contribution < 1.29 is 9.47 Å². The highest BCUT2D eigenvalue weighted by atomic mass is 127. The highest BCUT2D eigenvalue weighted by Crippen LogP contribution is 2.14. The van der Waals surface area contributed by atoms with Gasteiger partial charge in [0.25, 0.3) is 0 Å². The van der Waals surface area contributed by atoms with Gasteiger partial charge in [-0.3, -0.25) is 0 Å². The van der Waals surface area contributed by atoms with E-state index in [1.807, 2.05) is 25.1 Å². The first-order valence-electron chi connectivity index (χ1n) is 8.98. The van der Waals surface area contributed by atoms with Crippen LogP contribution in [0.15, 0.2) is 29.3 Å². The minimum absolute atomic E-state index is 0. The molecule has 2 N–H and O–H groups in total. The molecule has 0 amide bonds. The van der Waals surface area contributed by atoms with Gasteiger partial charge in [0.2, 0.25) is 0 Å². The molecular formula is C19H35IN4O2. The van der Waals surface area contributed by atoms with Crippen molar-refractivity contribution in [3.63, 3.8) is 0 Å². The van der Waals surface area contributed by atoms with Gasteiger partial charge in [-0.05, 0) is 45.5 Å². The maximum Gasteiger partial charge on any atom is 0.191 e. The second-order valence-corrected chi connectivity index (χ2v) is 6.19. The van der Waals surface area contributed by atoms with Gasteiger partial charge >= 0.3 is 0 Å². The number of ether oxygens (including phenoxy) is 2. The first-order chi connectivity index (χ1) is 12.0. The van der Waals surface area contributed by atoms with E-state index in [0.29, 0.717) is 6.54 Å². The van der Waals surface area contributed by atoms with E-state index >= 15 is 0 Å². The van der Waals surface area contributed by atoms with Crippen LogP contribution in [0.1, 0.15) is 19.4 Å². The second-order valence-electron chi connectivity index (χ2n) is 6.19. The Morgan fingerprint density at radius 3 is 2.69 bits per heavy atom. The fraction of sp³-hybridized carbons (Fsp3) is 0.632. The third kappa shape index (κ3) is 11.5. The molecule has 0 saturated heterocycles. The van der Waals surface area contributed by atoms with E-state index in [1.54, 1.807) is 7.11 Å². The van der Waals surface area contributed by atoms with Crippen LogP contribution in [0.3, 0.4) is 0 Å². The van der Waals surface area contributed by atoms with Gasteiger partial charge in [0.1, 0.15) is 11.9 Å². The van der Waals surface area contributed by atoms with Gasteiger partial charge in [0.15, 0.2) is 5.96 Å². The summed E-state index contributed by atoms with van der Waals surface area (Å²) in [6.45, 7) is 11.0. The lowest BCUT2D eigenvalue weighted by Gasteiger charge is -2.18. The molecule has 26 heavy (non-hydrogen) atoms. The number of halogens is 1. The number of nitrogens with zero attached hydrogens (tertiary/aromatic N) is 2. The van der Waals surface area contributed by atoms with Crippen LogP contribution in [0, 0.1) is 6.92 Å². The summed E-state index contributed by atoms with van der Waals surface area (Å²) in [5.74, 6) is 1.71. The normalized spacial score (nSPS) is 12.5. The maximum atomic E-state index is 5.93. The molecule has 0 bridgehead atoms. The molecule has 1 aromatic carbocycles. The molecule has 1 unspecified atom stereocenters. The SMILES string of the molecule is CCNC(=NCC(C)Oc1cccc(C)c1)NCCN(C)CCOC.I. The van der Waals surface area contributed by atoms with Crippen molar-refractivity contribution in [1.82, 2.24) is 15.5 Å². The van der Waals surface area contributed by atoms with E-state index < -0.39 is 0 Å². The molecule has 0 saturated carbocycles. The number of aliphatic imine (C=N–C) groups is 1. The molecule has 0 aromatic heterocycles. The highest BCUT2D eigenvalue weighted by molar-refractivity contribution is 14.0. The number of rotatable bonds is 11. The van der Waals surface area contributed by atoms with Crippen molar-refractivity contribution >= 4 is 29.9 Å². The Morgan fingerprint density at radius 1 is 1.27 bits per heavy atom. The average Bonchev–Trinajstić information content (AvgIpc) is 2.58. The van der Waals surface area contributed by atoms with Gasteiger partial charge in [-0.1, -0.05) is 12.1 Å². The largest absolute Gasteiger partial charge is 0.489 e. The average molecular weight is 478 g/mol. The van der Waals surface area contributed by atoms with E-state index in [2.05, 4.69) is 47.5 Å². The van der Waals surface area contributed by atoms with Crippen LogP contribution in [0.5, 0.6) is 5.75 Å². The zero-order chi connectivity index (χ0) is 18.5. The van der Waals surface area contributed by atoms with Crippen LogP contribution in [-0.2, 0) is 4.74 Å². The third-order valence-corrected chi connectivity index (χ3v) is 3.64. The summed E-state index contributed by atoms with van der Waals surface area (Å²) < 4.78 is 11.0. The lowest BCUT2D eigenvalue weighted by Crippen LogP contribution is -2.41. The monoisotopic (exact) mass is 478 g/mol. The van der Waals surface area contributed by atoms with Crippen molar-refractivity contribution in [2.24, 2.45) is 4.99 Å². The molecule has 0 aliphatic rings. The molecule has 0 aliphatic carbocycles. The van der Waals surface area contributed by atoms with Crippen molar-refractivity contribution in [3.8, 4) is 5.75 Å². The number of nitrogens with one attached hydrogen (secondary N) is 2. The molecule has 0 spiro atoms. The lowest BCUT2D eigenvalue weighted by molar-refractivity contribution is 0.162. The summed E-state index contributed by atoms with van der Waals surface area (Å²) in [7, 11) is 3.81. The maximum absolute atomic E-state index is 5.93. The molecule has 150 valence electrons. The second kappa shape index (κ2) is 15.0. The number of likely N-dealkylation sites (N-methyl/N-ethyl adjacent to an activating group) is 1. The quantitative estimate of drug-likeness (QED) is 0.291. The predicted molar refractivity (Wildman–Crippen MR) is 120 cm³/mol. The molecule has 7 heteroatoms. The van der Waals surface area contributed by atoms with Crippen LogP contribution in [-0.4, -0.2) is 70.5 Å². The van der Waals surface area contributed by atoms with E-state index in [0.717, 1.165) is 44.5 Å². The highest BCUT2D eigenvalue weighted by Gasteiger charge is 2.05. The topological polar surface area (TPSA) is 58.1 Å². The predicted octanol–water partition coefficient (Wildman–Crippen LogP) is 2.51. The smallest absolute Gasteiger partial charge is 0.191 e. The summed E-state index contributed by atoms with van der Waals surface area (Å²) in [6, 6.07) is 8.09. The summed E-state index contributed by atoms with van der Waals surface area (Å²) in [4.78, 5) is 6.84. The molecule has 1 atom stereocenters. The van der Waals surface area contributed by atoms with E-state index in [4.69, 9.17) is 9.47 Å². The number of aryl methyl sites for hydroxylation is 1. The first-order valence-corrected chi connectivity index (χ1v) is 8.98. The zero-order valence-corrected chi connectivity index (χ0v) is 19.1. The van der Waals surface area contributed by atoms with Crippen molar-refractivity contribution in [3.05, 3.63) is 29.8 Å². The molecule has 0 radical (unpaired) electrons.